The van der Waals surface area contributed by atoms with E-state index in [1.807, 2.05) is 0 Å². The second-order valence-electron chi connectivity index (χ2n) is 15.0. The van der Waals surface area contributed by atoms with Gasteiger partial charge in [-0.3, -0.25) is 18.6 Å². The van der Waals surface area contributed by atoms with E-state index in [2.05, 4.69) is 129 Å². The van der Waals surface area contributed by atoms with Gasteiger partial charge in [0, 0.05) is 19.4 Å². The molecule has 0 aromatic carbocycles. The summed E-state index contributed by atoms with van der Waals surface area (Å²) in [5.74, 6) is -0.577. The van der Waals surface area contributed by atoms with Crippen LogP contribution in [-0.2, 0) is 27.9 Å². The standard InChI is InChI=1S/C51H84NO8P/c1-3-5-7-9-11-13-15-17-19-21-23-24-26-27-29-31-33-35-37-39-41-43-50(54)52-45-46-59-61(56,57)60-48-49(53)47-58-51(55)44-42-40-38-36-34-32-30-28-25-22-20-18-16-14-12-10-8-6-4-2/h6,8,11-14,17-20,23-25,27-29,32,34,49,53H,3-5,7,9-10,15-16,21-22,26,30-31,33,35-48H2,1-2H3,(H,52,54)(H,56,57)/b8-6-,13-11-,14-12-,19-17-,20-18-,24-23-,28-25-,29-27-,34-32-. The molecule has 9 nitrogen and oxygen atoms in total. The predicted octanol–water partition coefficient (Wildman–Crippen LogP) is 13.5. The summed E-state index contributed by atoms with van der Waals surface area (Å²) >= 11 is 0. The Balaban J connectivity index is 3.71. The van der Waals surface area contributed by atoms with Crippen molar-refractivity contribution < 1.29 is 37.9 Å². The molecule has 0 saturated carbocycles. The summed E-state index contributed by atoms with van der Waals surface area (Å²) in [7, 11) is -4.44. The molecule has 0 spiro atoms. The van der Waals surface area contributed by atoms with Gasteiger partial charge in [-0.2, -0.15) is 0 Å². The molecule has 0 rings (SSSR count). The van der Waals surface area contributed by atoms with Crippen molar-refractivity contribution in [3.8, 4) is 0 Å². The lowest BCUT2D eigenvalue weighted by Crippen LogP contribution is -2.27. The first-order chi connectivity index (χ1) is 29.8. The summed E-state index contributed by atoms with van der Waals surface area (Å²) in [6.07, 6.45) is 61.6. The van der Waals surface area contributed by atoms with Crippen molar-refractivity contribution in [3.63, 3.8) is 0 Å². The number of hydrogen-bond donors (Lipinski definition) is 3. The number of aliphatic hydroxyl groups excluding tert-OH is 1. The molecule has 0 aliphatic carbocycles. The van der Waals surface area contributed by atoms with Crippen LogP contribution in [0.15, 0.2) is 109 Å². The van der Waals surface area contributed by atoms with Crippen LogP contribution in [-0.4, -0.2) is 54.3 Å². The van der Waals surface area contributed by atoms with Crippen molar-refractivity contribution in [1.82, 2.24) is 5.32 Å². The Bertz CT molecular complexity index is 1360. The van der Waals surface area contributed by atoms with E-state index in [1.165, 1.54) is 25.7 Å². The molecule has 0 aromatic heterocycles. The summed E-state index contributed by atoms with van der Waals surface area (Å²) in [5.41, 5.74) is 0. The normalized spacial score (nSPS) is 14.2. The molecule has 0 fully saturated rings. The molecule has 0 aliphatic rings. The van der Waals surface area contributed by atoms with Gasteiger partial charge in [0.05, 0.1) is 13.2 Å². The quantitative estimate of drug-likeness (QED) is 0.0239. The number of nitrogens with one attached hydrogen (secondary N) is 1. The van der Waals surface area contributed by atoms with Gasteiger partial charge in [-0.1, -0.05) is 162 Å². The van der Waals surface area contributed by atoms with E-state index in [9.17, 15) is 24.2 Å². The molecule has 0 radical (unpaired) electrons. The van der Waals surface area contributed by atoms with Crippen LogP contribution in [0.25, 0.3) is 0 Å². The van der Waals surface area contributed by atoms with Crippen LogP contribution in [0, 0.1) is 0 Å². The Morgan fingerprint density at radius 2 is 0.934 bits per heavy atom. The molecule has 1 amide bonds. The maximum absolute atomic E-state index is 12.1. The number of ether oxygens (including phenoxy) is 1. The van der Waals surface area contributed by atoms with Gasteiger partial charge in [0.25, 0.3) is 0 Å². The first-order valence-electron chi connectivity index (χ1n) is 23.4. The molecule has 3 N–H and O–H groups in total. The van der Waals surface area contributed by atoms with Gasteiger partial charge in [0.2, 0.25) is 5.91 Å². The van der Waals surface area contributed by atoms with Crippen molar-refractivity contribution in [2.75, 3.05) is 26.4 Å². The topological polar surface area (TPSA) is 131 Å². The Morgan fingerprint density at radius 3 is 1.43 bits per heavy atom. The third-order valence-electron chi connectivity index (χ3n) is 9.19. The fourth-order valence-electron chi connectivity index (χ4n) is 5.68. The van der Waals surface area contributed by atoms with Gasteiger partial charge in [0.1, 0.15) is 12.7 Å². The molecule has 61 heavy (non-hydrogen) atoms. The number of aliphatic hydroxyl groups is 1. The maximum Gasteiger partial charge on any atom is 0.472 e. The highest BCUT2D eigenvalue weighted by atomic mass is 31.2. The van der Waals surface area contributed by atoms with Gasteiger partial charge in [-0.15, -0.1) is 0 Å². The van der Waals surface area contributed by atoms with Crippen molar-refractivity contribution >= 4 is 19.7 Å². The highest BCUT2D eigenvalue weighted by Crippen LogP contribution is 2.42. The summed E-state index contributed by atoms with van der Waals surface area (Å²) < 4.78 is 26.9. The lowest BCUT2D eigenvalue weighted by atomic mass is 10.1. The number of amides is 1. The van der Waals surface area contributed by atoms with Gasteiger partial charge in [0.15, 0.2) is 0 Å². The number of carbonyl (C=O) groups excluding carboxylic acids is 2. The van der Waals surface area contributed by atoms with Crippen LogP contribution in [0.2, 0.25) is 0 Å². The third kappa shape index (κ3) is 47.6. The summed E-state index contributed by atoms with van der Waals surface area (Å²) in [6.45, 7) is 3.33. The van der Waals surface area contributed by atoms with Crippen LogP contribution in [0.1, 0.15) is 168 Å². The SMILES string of the molecule is CC/C=C\C/C=C\C/C=C\C/C=C\C/C=C\CCCCCC(=O)OCC(O)COP(=O)(O)OCCNC(=O)CCCCCCC/C=C\C/C=C\C/C=C\C/C=C\CCCCC. The number of phosphoric acid groups is 1. The monoisotopic (exact) mass is 870 g/mol. The van der Waals surface area contributed by atoms with Gasteiger partial charge < -0.3 is 20.1 Å². The number of unbranched alkanes of at least 4 members (excludes halogenated alkanes) is 11. The molecule has 0 heterocycles. The zero-order valence-electron chi connectivity index (χ0n) is 38.1. The van der Waals surface area contributed by atoms with Gasteiger partial charge >= 0.3 is 13.8 Å². The van der Waals surface area contributed by atoms with E-state index >= 15 is 0 Å². The van der Waals surface area contributed by atoms with Crippen LogP contribution in [0.4, 0.5) is 0 Å². The first kappa shape index (κ1) is 57.7. The third-order valence-corrected chi connectivity index (χ3v) is 10.2. The van der Waals surface area contributed by atoms with E-state index in [0.717, 1.165) is 109 Å². The molecule has 2 unspecified atom stereocenters. The fourth-order valence-corrected chi connectivity index (χ4v) is 6.44. The molecule has 2 atom stereocenters. The fraction of sp³-hybridized carbons (Fsp3) is 0.608. The summed E-state index contributed by atoms with van der Waals surface area (Å²) in [4.78, 5) is 34.0. The number of hydrogen-bond acceptors (Lipinski definition) is 7. The second-order valence-corrected chi connectivity index (χ2v) is 16.4. The molecule has 0 aromatic rings. The first-order valence-corrected chi connectivity index (χ1v) is 24.9. The number of rotatable bonds is 42. The van der Waals surface area contributed by atoms with Crippen LogP contribution in [0.3, 0.4) is 0 Å². The van der Waals surface area contributed by atoms with Gasteiger partial charge in [-0.05, 0) is 103 Å². The van der Waals surface area contributed by atoms with E-state index in [4.69, 9.17) is 13.8 Å². The number of phosphoric ester groups is 1. The molecule has 346 valence electrons. The van der Waals surface area contributed by atoms with Crippen LogP contribution < -0.4 is 5.32 Å². The highest BCUT2D eigenvalue weighted by molar-refractivity contribution is 7.47. The number of allylic oxidation sites excluding steroid dienone is 18. The van der Waals surface area contributed by atoms with E-state index in [0.29, 0.717) is 12.8 Å². The predicted molar refractivity (Wildman–Crippen MR) is 256 cm³/mol. The largest absolute Gasteiger partial charge is 0.472 e. The van der Waals surface area contributed by atoms with E-state index in [1.54, 1.807) is 0 Å². The van der Waals surface area contributed by atoms with Gasteiger partial charge in [-0.25, -0.2) is 4.57 Å². The summed E-state index contributed by atoms with van der Waals surface area (Å²) in [6, 6.07) is 0. The molecular weight excluding hydrogens is 786 g/mol. The minimum absolute atomic E-state index is 0.0598. The Morgan fingerprint density at radius 1 is 0.525 bits per heavy atom. The van der Waals surface area contributed by atoms with Crippen molar-refractivity contribution in [1.29, 1.82) is 0 Å². The molecule has 0 bridgehead atoms. The van der Waals surface area contributed by atoms with Crippen LogP contribution >= 0.6 is 7.82 Å². The second kappa shape index (κ2) is 46.2. The zero-order valence-corrected chi connectivity index (χ0v) is 39.0. The average Bonchev–Trinajstić information content (AvgIpc) is 3.25. The molecule has 0 saturated heterocycles. The minimum Gasteiger partial charge on any atom is -0.463 e. The Kier molecular flexibility index (Phi) is 43.7. The maximum atomic E-state index is 12.1. The molecule has 0 aliphatic heterocycles. The van der Waals surface area contributed by atoms with Crippen molar-refractivity contribution in [3.05, 3.63) is 109 Å². The minimum atomic E-state index is -4.44. The smallest absolute Gasteiger partial charge is 0.463 e. The number of esters is 1. The van der Waals surface area contributed by atoms with E-state index in [-0.39, 0.29) is 32.1 Å². The van der Waals surface area contributed by atoms with Crippen LogP contribution in [0.5, 0.6) is 0 Å². The van der Waals surface area contributed by atoms with Crippen molar-refractivity contribution in [2.45, 2.75) is 174 Å². The lowest BCUT2D eigenvalue weighted by molar-refractivity contribution is -0.147. The number of carbonyl (C=O) groups is 2. The Labute approximate surface area is 371 Å². The molecule has 10 heteroatoms. The summed E-state index contributed by atoms with van der Waals surface area (Å²) in [5, 5.41) is 12.7. The van der Waals surface area contributed by atoms with Crippen molar-refractivity contribution in [2.24, 2.45) is 0 Å². The highest BCUT2D eigenvalue weighted by Gasteiger charge is 2.23. The Hall–Kier alpha value is -3.33. The average molecular weight is 870 g/mol. The zero-order chi connectivity index (χ0) is 44.6. The van der Waals surface area contributed by atoms with E-state index < -0.39 is 26.5 Å². The lowest BCUT2D eigenvalue weighted by Gasteiger charge is -2.15. The molecular formula is C51H84NO8P.